The van der Waals surface area contributed by atoms with E-state index in [4.69, 9.17) is 0 Å². The molecule has 2 fully saturated rings. The summed E-state index contributed by atoms with van der Waals surface area (Å²) in [7, 11) is 0. The zero-order chi connectivity index (χ0) is 15.3. The lowest BCUT2D eigenvalue weighted by atomic mass is 9.99. The van der Waals surface area contributed by atoms with Crippen molar-refractivity contribution in [1.82, 2.24) is 10.2 Å². The molecule has 1 saturated carbocycles. The van der Waals surface area contributed by atoms with Gasteiger partial charge in [0, 0.05) is 41.7 Å². The first kappa shape index (κ1) is 15.0. The van der Waals surface area contributed by atoms with E-state index in [1.165, 1.54) is 18.9 Å². The number of halogens is 1. The Morgan fingerprint density at radius 2 is 2.00 bits per heavy atom. The predicted molar refractivity (Wildman–Crippen MR) is 84.6 cm³/mol. The molecule has 2 nitrogen and oxygen atoms in total. The monoisotopic (exact) mass is 290 g/mol. The number of nitrogens with zero attached hydrogens (tertiary/aromatic N) is 1. The van der Waals surface area contributed by atoms with E-state index in [1.54, 1.807) is 6.07 Å². The van der Waals surface area contributed by atoms with Crippen LogP contribution in [0.15, 0.2) is 24.3 Å². The molecule has 1 aliphatic carbocycles. The molecular formula is C18H27FN2. The molecule has 21 heavy (non-hydrogen) atoms. The SMILES string of the molecule is C[C@@H]1C[C@@]2(CNCc3ccccc3F)C[C@H]2N1C(C)(C)C. The molecule has 1 heterocycles. The molecule has 3 atom stereocenters. The summed E-state index contributed by atoms with van der Waals surface area (Å²) < 4.78 is 13.6. The van der Waals surface area contributed by atoms with Crippen molar-refractivity contribution in [2.24, 2.45) is 5.41 Å². The second-order valence-electron chi connectivity index (χ2n) is 7.91. The van der Waals surface area contributed by atoms with E-state index < -0.39 is 0 Å². The lowest BCUT2D eigenvalue weighted by Crippen LogP contribution is -2.45. The first-order chi connectivity index (χ1) is 9.83. The molecule has 0 bridgehead atoms. The van der Waals surface area contributed by atoms with Crippen LogP contribution in [0.3, 0.4) is 0 Å². The number of fused-ring (bicyclic) bond motifs is 1. The second kappa shape index (κ2) is 5.06. The summed E-state index contributed by atoms with van der Waals surface area (Å²) in [6.45, 7) is 10.9. The summed E-state index contributed by atoms with van der Waals surface area (Å²) >= 11 is 0. The summed E-state index contributed by atoms with van der Waals surface area (Å²) in [5.74, 6) is -0.106. The number of nitrogens with one attached hydrogen (secondary N) is 1. The van der Waals surface area contributed by atoms with Gasteiger partial charge in [0.1, 0.15) is 5.82 Å². The van der Waals surface area contributed by atoms with Crippen LogP contribution in [0.1, 0.15) is 46.1 Å². The lowest BCUT2D eigenvalue weighted by molar-refractivity contribution is 0.104. The third-order valence-electron chi connectivity index (χ3n) is 5.18. The number of rotatable bonds is 4. The molecule has 0 spiro atoms. The van der Waals surface area contributed by atoms with Crippen molar-refractivity contribution in [1.29, 1.82) is 0 Å². The third-order valence-corrected chi connectivity index (χ3v) is 5.18. The van der Waals surface area contributed by atoms with Gasteiger partial charge in [-0.3, -0.25) is 4.90 Å². The van der Waals surface area contributed by atoms with Crippen LogP contribution in [-0.4, -0.2) is 29.1 Å². The van der Waals surface area contributed by atoms with Crippen LogP contribution in [0.4, 0.5) is 4.39 Å². The van der Waals surface area contributed by atoms with Gasteiger partial charge in [0.15, 0.2) is 0 Å². The van der Waals surface area contributed by atoms with Crippen molar-refractivity contribution < 1.29 is 4.39 Å². The van der Waals surface area contributed by atoms with Crippen molar-refractivity contribution in [3.8, 4) is 0 Å². The Bertz CT molecular complexity index is 522. The van der Waals surface area contributed by atoms with E-state index in [2.05, 4.69) is 37.9 Å². The van der Waals surface area contributed by atoms with Gasteiger partial charge < -0.3 is 5.32 Å². The molecule has 0 radical (unpaired) electrons. The van der Waals surface area contributed by atoms with Crippen LogP contribution >= 0.6 is 0 Å². The van der Waals surface area contributed by atoms with Crippen molar-refractivity contribution in [2.75, 3.05) is 6.54 Å². The van der Waals surface area contributed by atoms with Gasteiger partial charge in [-0.1, -0.05) is 18.2 Å². The smallest absolute Gasteiger partial charge is 0.127 e. The van der Waals surface area contributed by atoms with Crippen LogP contribution in [-0.2, 0) is 6.54 Å². The minimum Gasteiger partial charge on any atom is -0.312 e. The number of hydrogen-bond donors (Lipinski definition) is 1. The maximum absolute atomic E-state index is 13.6. The molecule has 1 N–H and O–H groups in total. The Hall–Kier alpha value is -0.930. The molecule has 3 heteroatoms. The van der Waals surface area contributed by atoms with E-state index in [0.29, 0.717) is 24.0 Å². The Kier molecular flexibility index (Phi) is 3.61. The van der Waals surface area contributed by atoms with Crippen LogP contribution in [0.5, 0.6) is 0 Å². The Morgan fingerprint density at radius 1 is 1.29 bits per heavy atom. The highest BCUT2D eigenvalue weighted by atomic mass is 19.1. The van der Waals surface area contributed by atoms with Crippen molar-refractivity contribution in [3.05, 3.63) is 35.6 Å². The number of likely N-dealkylation sites (tertiary alicyclic amines) is 1. The molecule has 2 aliphatic rings. The average Bonchev–Trinajstić information content (AvgIpc) is 2.95. The van der Waals surface area contributed by atoms with E-state index in [9.17, 15) is 4.39 Å². The minimum atomic E-state index is -0.106. The molecule has 0 aromatic heterocycles. The van der Waals surface area contributed by atoms with Crippen LogP contribution in [0.2, 0.25) is 0 Å². The maximum atomic E-state index is 13.6. The quantitative estimate of drug-likeness (QED) is 0.912. The molecule has 1 saturated heterocycles. The molecule has 0 amide bonds. The first-order valence-electron chi connectivity index (χ1n) is 8.06. The van der Waals surface area contributed by atoms with Gasteiger partial charge in [-0.2, -0.15) is 0 Å². The lowest BCUT2D eigenvalue weighted by Gasteiger charge is -2.37. The highest BCUT2D eigenvalue weighted by molar-refractivity contribution is 5.20. The van der Waals surface area contributed by atoms with Crippen LogP contribution in [0, 0.1) is 11.2 Å². The van der Waals surface area contributed by atoms with Gasteiger partial charge in [-0.05, 0) is 46.6 Å². The van der Waals surface area contributed by atoms with Gasteiger partial charge in [-0.25, -0.2) is 4.39 Å². The summed E-state index contributed by atoms with van der Waals surface area (Å²) in [6.07, 6.45) is 2.55. The highest BCUT2D eigenvalue weighted by Gasteiger charge is 2.64. The van der Waals surface area contributed by atoms with Gasteiger partial charge >= 0.3 is 0 Å². The Labute approximate surface area is 127 Å². The van der Waals surface area contributed by atoms with Crippen molar-refractivity contribution in [3.63, 3.8) is 0 Å². The molecule has 3 rings (SSSR count). The molecule has 1 aromatic carbocycles. The van der Waals surface area contributed by atoms with E-state index in [0.717, 1.165) is 12.1 Å². The van der Waals surface area contributed by atoms with Crippen LogP contribution in [0.25, 0.3) is 0 Å². The zero-order valence-electron chi connectivity index (χ0n) is 13.6. The topological polar surface area (TPSA) is 15.3 Å². The average molecular weight is 290 g/mol. The normalized spacial score (nSPS) is 32.2. The summed E-state index contributed by atoms with van der Waals surface area (Å²) in [5.41, 5.74) is 1.44. The van der Waals surface area contributed by atoms with E-state index >= 15 is 0 Å². The Morgan fingerprint density at radius 3 is 2.62 bits per heavy atom. The molecular weight excluding hydrogens is 263 g/mol. The van der Waals surface area contributed by atoms with Crippen LogP contribution < -0.4 is 5.32 Å². The number of benzene rings is 1. The van der Waals surface area contributed by atoms with E-state index in [1.807, 2.05) is 12.1 Å². The maximum Gasteiger partial charge on any atom is 0.127 e. The minimum absolute atomic E-state index is 0.106. The van der Waals surface area contributed by atoms with Gasteiger partial charge in [0.2, 0.25) is 0 Å². The fourth-order valence-corrected chi connectivity index (χ4v) is 4.41. The zero-order valence-corrected chi connectivity index (χ0v) is 13.6. The fraction of sp³-hybridized carbons (Fsp3) is 0.667. The molecule has 116 valence electrons. The van der Waals surface area contributed by atoms with Crippen molar-refractivity contribution >= 4 is 0 Å². The molecule has 0 unspecified atom stereocenters. The van der Waals surface area contributed by atoms with Gasteiger partial charge in [-0.15, -0.1) is 0 Å². The number of piperidine rings is 1. The third kappa shape index (κ3) is 2.74. The largest absolute Gasteiger partial charge is 0.312 e. The van der Waals surface area contributed by atoms with Gasteiger partial charge in [0.25, 0.3) is 0 Å². The first-order valence-corrected chi connectivity index (χ1v) is 8.06. The molecule has 1 aliphatic heterocycles. The molecule has 1 aromatic rings. The summed E-state index contributed by atoms with van der Waals surface area (Å²) in [5, 5.41) is 3.49. The fourth-order valence-electron chi connectivity index (χ4n) is 4.41. The number of hydrogen-bond acceptors (Lipinski definition) is 2. The van der Waals surface area contributed by atoms with Crippen molar-refractivity contribution in [2.45, 2.75) is 64.7 Å². The standard InChI is InChI=1S/C18H27FN2/c1-13-9-18(10-16(18)21(13)17(2,3)4)12-20-11-14-7-5-6-8-15(14)19/h5-8,13,16,20H,9-12H2,1-4H3/t13-,16-,18+/m1/s1. The highest BCUT2D eigenvalue weighted by Crippen LogP contribution is 2.60. The second-order valence-corrected chi connectivity index (χ2v) is 7.91. The predicted octanol–water partition coefficient (Wildman–Crippen LogP) is 3.57. The summed E-state index contributed by atoms with van der Waals surface area (Å²) in [4.78, 5) is 2.68. The van der Waals surface area contributed by atoms with E-state index in [-0.39, 0.29) is 11.4 Å². The van der Waals surface area contributed by atoms with Gasteiger partial charge in [0.05, 0.1) is 0 Å². The Balaban J connectivity index is 1.57. The summed E-state index contributed by atoms with van der Waals surface area (Å²) in [6, 6.07) is 8.41.